The molecule has 0 rings (SSSR count). The number of ether oxygens (including phenoxy) is 1. The van der Waals surface area contributed by atoms with Crippen molar-refractivity contribution >= 4 is 23.6 Å². The Balaban J connectivity index is 4.51. The number of carboxylic acid groups (broad SMARTS) is 1. The Morgan fingerprint density at radius 3 is 2.26 bits per heavy atom. The molecule has 19 heavy (non-hydrogen) atoms. The minimum absolute atomic E-state index is 0.162. The number of carbonyl (C=O) groups excluding carboxylic acids is 2. The molecular weight excluding hydrogens is 252 g/mol. The molecule has 1 amide bonds. The number of nitrogens with one attached hydrogen (secondary N) is 1. The first kappa shape index (κ1) is 17.1. The highest BCUT2D eigenvalue weighted by Crippen LogP contribution is 2.19. The van der Waals surface area contributed by atoms with E-state index in [2.05, 4.69) is 9.84 Å². The average Bonchev–Trinajstić information content (AvgIpc) is 2.22. The summed E-state index contributed by atoms with van der Waals surface area (Å²) in [5.41, 5.74) is 1.61. The molecule has 0 aliphatic heterocycles. The van der Waals surface area contributed by atoms with Gasteiger partial charge in [0.25, 0.3) is 5.91 Å². The van der Waals surface area contributed by atoms with Crippen LogP contribution < -0.4 is 5.43 Å². The predicted octanol–water partition coefficient (Wildman–Crippen LogP) is 0.933. The number of amides is 1. The van der Waals surface area contributed by atoms with E-state index < -0.39 is 24.3 Å². The van der Waals surface area contributed by atoms with Crippen LogP contribution in [0.15, 0.2) is 5.10 Å². The maximum Gasteiger partial charge on any atom is 0.352 e. The lowest BCUT2D eigenvalue weighted by atomic mass is 9.90. The molecule has 0 heterocycles. The normalized spacial score (nSPS) is 11.9. The molecule has 0 radical (unpaired) electrons. The van der Waals surface area contributed by atoms with Crippen LogP contribution >= 0.6 is 0 Å². The Morgan fingerprint density at radius 2 is 1.84 bits per heavy atom. The van der Waals surface area contributed by atoms with Crippen molar-refractivity contribution in [2.24, 2.45) is 10.5 Å². The zero-order valence-electron chi connectivity index (χ0n) is 11.6. The van der Waals surface area contributed by atoms with Gasteiger partial charge in [-0.15, -0.1) is 0 Å². The molecule has 0 atom stereocenters. The van der Waals surface area contributed by atoms with Gasteiger partial charge in [-0.3, -0.25) is 9.59 Å². The minimum Gasteiger partial charge on any atom is -0.477 e. The van der Waals surface area contributed by atoms with Crippen molar-refractivity contribution in [2.45, 2.75) is 40.5 Å². The van der Waals surface area contributed by atoms with Crippen molar-refractivity contribution in [1.29, 1.82) is 0 Å². The van der Waals surface area contributed by atoms with E-state index in [0.29, 0.717) is 0 Å². The van der Waals surface area contributed by atoms with Crippen LogP contribution in [-0.4, -0.2) is 35.3 Å². The van der Waals surface area contributed by atoms with Gasteiger partial charge >= 0.3 is 11.9 Å². The SMILES string of the molecule is CCOC(=O)CC(=O)NN=C(CC(C)(C)C)C(=O)O. The summed E-state index contributed by atoms with van der Waals surface area (Å²) >= 11 is 0. The molecule has 0 saturated heterocycles. The maximum absolute atomic E-state index is 11.3. The number of nitrogens with zero attached hydrogens (tertiary/aromatic N) is 1. The van der Waals surface area contributed by atoms with Crippen molar-refractivity contribution < 1.29 is 24.2 Å². The molecule has 0 unspecified atom stereocenters. The van der Waals surface area contributed by atoms with Gasteiger partial charge < -0.3 is 9.84 Å². The highest BCUT2D eigenvalue weighted by Gasteiger charge is 2.20. The smallest absolute Gasteiger partial charge is 0.352 e. The summed E-state index contributed by atoms with van der Waals surface area (Å²) in [5, 5.41) is 12.5. The van der Waals surface area contributed by atoms with Crippen molar-refractivity contribution in [3.05, 3.63) is 0 Å². The first-order valence-electron chi connectivity index (χ1n) is 5.90. The van der Waals surface area contributed by atoms with E-state index in [0.717, 1.165) is 0 Å². The zero-order chi connectivity index (χ0) is 15.1. The number of carbonyl (C=O) groups is 3. The van der Waals surface area contributed by atoms with Crippen LogP contribution in [0.2, 0.25) is 0 Å². The van der Waals surface area contributed by atoms with Crippen molar-refractivity contribution in [1.82, 2.24) is 5.43 Å². The number of carboxylic acids is 1. The highest BCUT2D eigenvalue weighted by atomic mass is 16.5. The standard InChI is InChI=1S/C12H20N2O5/c1-5-19-10(16)6-9(15)14-13-8(11(17)18)7-12(2,3)4/h5-7H2,1-4H3,(H,14,15)(H,17,18). The molecule has 2 N–H and O–H groups in total. The van der Waals surface area contributed by atoms with Gasteiger partial charge in [0.1, 0.15) is 12.1 Å². The number of hydrogen-bond acceptors (Lipinski definition) is 5. The highest BCUT2D eigenvalue weighted by molar-refractivity contribution is 6.35. The largest absolute Gasteiger partial charge is 0.477 e. The molecule has 0 aromatic carbocycles. The second kappa shape index (κ2) is 7.50. The van der Waals surface area contributed by atoms with Gasteiger partial charge in [-0.1, -0.05) is 20.8 Å². The zero-order valence-corrected chi connectivity index (χ0v) is 11.6. The lowest BCUT2D eigenvalue weighted by Gasteiger charge is -2.17. The van der Waals surface area contributed by atoms with Crippen LogP contribution in [0.25, 0.3) is 0 Å². The molecule has 0 aromatic heterocycles. The third-order valence-corrected chi connectivity index (χ3v) is 1.87. The summed E-state index contributed by atoms with van der Waals surface area (Å²) in [5.74, 6) is -2.58. The molecule has 0 spiro atoms. The van der Waals surface area contributed by atoms with E-state index in [1.165, 1.54) is 0 Å². The summed E-state index contributed by atoms with van der Waals surface area (Å²) in [7, 11) is 0. The van der Waals surface area contributed by atoms with Crippen molar-refractivity contribution in [3.63, 3.8) is 0 Å². The number of aliphatic carboxylic acids is 1. The molecule has 0 aromatic rings. The third kappa shape index (κ3) is 8.76. The topological polar surface area (TPSA) is 105 Å². The Bertz CT molecular complexity index is 382. The van der Waals surface area contributed by atoms with Crippen molar-refractivity contribution in [2.75, 3.05) is 6.61 Å². The molecule has 0 aliphatic rings. The van der Waals surface area contributed by atoms with E-state index in [-0.39, 0.29) is 24.2 Å². The Hall–Kier alpha value is -1.92. The first-order chi connectivity index (χ1) is 8.65. The molecule has 0 aliphatic carbocycles. The molecule has 108 valence electrons. The van der Waals surface area contributed by atoms with Gasteiger partial charge in [-0.2, -0.15) is 5.10 Å². The average molecular weight is 272 g/mol. The Morgan fingerprint density at radius 1 is 1.26 bits per heavy atom. The monoisotopic (exact) mass is 272 g/mol. The Labute approximate surface area is 112 Å². The molecule has 0 fully saturated rings. The summed E-state index contributed by atoms with van der Waals surface area (Å²) in [6.07, 6.45) is -0.290. The quantitative estimate of drug-likeness (QED) is 0.324. The minimum atomic E-state index is -1.20. The van der Waals surface area contributed by atoms with Crippen LogP contribution in [0.1, 0.15) is 40.5 Å². The number of esters is 1. The van der Waals surface area contributed by atoms with Crippen LogP contribution in [0.4, 0.5) is 0 Å². The molecule has 7 nitrogen and oxygen atoms in total. The van der Waals surface area contributed by atoms with Gasteiger partial charge in [0, 0.05) is 6.42 Å². The van der Waals surface area contributed by atoms with Crippen LogP contribution in [0, 0.1) is 5.41 Å². The number of hydrogen-bond donors (Lipinski definition) is 2. The van der Waals surface area contributed by atoms with Crippen LogP contribution in [0.5, 0.6) is 0 Å². The van der Waals surface area contributed by atoms with Crippen molar-refractivity contribution in [3.8, 4) is 0 Å². The summed E-state index contributed by atoms with van der Waals surface area (Å²) < 4.78 is 4.58. The van der Waals surface area contributed by atoms with E-state index >= 15 is 0 Å². The van der Waals surface area contributed by atoms with Gasteiger partial charge in [0.2, 0.25) is 0 Å². The van der Waals surface area contributed by atoms with Gasteiger partial charge in [0.05, 0.1) is 6.61 Å². The lowest BCUT2D eigenvalue weighted by molar-refractivity contribution is -0.146. The van der Waals surface area contributed by atoms with E-state index in [4.69, 9.17) is 5.11 Å². The summed E-state index contributed by atoms with van der Waals surface area (Å²) in [6, 6.07) is 0. The fourth-order valence-corrected chi connectivity index (χ4v) is 1.18. The predicted molar refractivity (Wildman–Crippen MR) is 68.5 cm³/mol. The lowest BCUT2D eigenvalue weighted by Crippen LogP contribution is -2.28. The summed E-state index contributed by atoms with van der Waals surface area (Å²) in [6.45, 7) is 7.36. The summed E-state index contributed by atoms with van der Waals surface area (Å²) in [4.78, 5) is 33.3. The fraction of sp³-hybridized carbons (Fsp3) is 0.667. The fourth-order valence-electron chi connectivity index (χ4n) is 1.18. The van der Waals surface area contributed by atoms with Gasteiger partial charge in [-0.05, 0) is 12.3 Å². The second-order valence-corrected chi connectivity index (χ2v) is 5.12. The Kier molecular flexibility index (Phi) is 6.74. The van der Waals surface area contributed by atoms with E-state index in [1.54, 1.807) is 6.92 Å². The number of rotatable bonds is 6. The second-order valence-electron chi connectivity index (χ2n) is 5.12. The maximum atomic E-state index is 11.3. The van der Waals surface area contributed by atoms with Gasteiger partial charge in [-0.25, -0.2) is 10.2 Å². The molecular formula is C12H20N2O5. The van der Waals surface area contributed by atoms with E-state index in [1.807, 2.05) is 26.2 Å². The third-order valence-electron chi connectivity index (χ3n) is 1.87. The molecule has 0 saturated carbocycles. The first-order valence-corrected chi connectivity index (χ1v) is 5.90. The number of hydrazone groups is 1. The van der Waals surface area contributed by atoms with Crippen LogP contribution in [0.3, 0.4) is 0 Å². The molecule has 0 bridgehead atoms. The van der Waals surface area contributed by atoms with Crippen LogP contribution in [-0.2, 0) is 19.1 Å². The van der Waals surface area contributed by atoms with E-state index in [9.17, 15) is 14.4 Å². The molecule has 7 heteroatoms. The van der Waals surface area contributed by atoms with Gasteiger partial charge in [0.15, 0.2) is 0 Å².